The third-order valence-corrected chi connectivity index (χ3v) is 6.60. The van der Waals surface area contributed by atoms with E-state index in [-0.39, 0.29) is 12.4 Å². The molecule has 0 saturated carbocycles. The van der Waals surface area contributed by atoms with Gasteiger partial charge in [0.25, 0.3) is 0 Å². The Morgan fingerprint density at radius 2 is 1.49 bits per heavy atom. The van der Waals surface area contributed by atoms with Crippen LogP contribution in [-0.2, 0) is 41.0 Å². The SMILES string of the molecule is COC(=O)[C@@H](CSCc1ccccc1)NC(=O)[C@H](CC(=O)OCc1ccccc1)NC(=O)C1C=CC=C1. The second kappa shape index (κ2) is 14.6. The van der Waals surface area contributed by atoms with Gasteiger partial charge >= 0.3 is 11.9 Å². The van der Waals surface area contributed by atoms with Crippen molar-refractivity contribution in [2.24, 2.45) is 5.92 Å². The second-order valence-electron chi connectivity index (χ2n) is 8.29. The van der Waals surface area contributed by atoms with Gasteiger partial charge in [-0.1, -0.05) is 85.0 Å². The molecule has 0 heterocycles. The highest BCUT2D eigenvalue weighted by Crippen LogP contribution is 2.14. The molecule has 1 aliphatic rings. The van der Waals surface area contributed by atoms with E-state index >= 15 is 0 Å². The van der Waals surface area contributed by atoms with E-state index in [0.29, 0.717) is 5.75 Å². The summed E-state index contributed by atoms with van der Waals surface area (Å²) in [5.41, 5.74) is 1.87. The number of nitrogens with one attached hydrogen (secondary N) is 2. The molecule has 2 amide bonds. The number of esters is 2. The van der Waals surface area contributed by atoms with E-state index in [9.17, 15) is 19.2 Å². The molecule has 2 N–H and O–H groups in total. The number of carbonyl (C=O) groups excluding carboxylic acids is 4. The third-order valence-electron chi connectivity index (χ3n) is 5.50. The van der Waals surface area contributed by atoms with Gasteiger partial charge in [-0.15, -0.1) is 0 Å². The summed E-state index contributed by atoms with van der Waals surface area (Å²) in [6.45, 7) is 0.0387. The molecule has 2 aromatic rings. The summed E-state index contributed by atoms with van der Waals surface area (Å²) in [5.74, 6) is -2.05. The lowest BCUT2D eigenvalue weighted by atomic mass is 10.1. The predicted octanol–water partition coefficient (Wildman–Crippen LogP) is 2.94. The number of ether oxygens (including phenoxy) is 2. The Kier molecular flexibility index (Phi) is 11.0. The van der Waals surface area contributed by atoms with Crippen LogP contribution in [0.3, 0.4) is 0 Å². The molecule has 0 saturated heterocycles. The quantitative estimate of drug-likeness (QED) is 0.389. The summed E-state index contributed by atoms with van der Waals surface area (Å²) < 4.78 is 10.2. The van der Waals surface area contributed by atoms with Crippen LogP contribution in [0.5, 0.6) is 0 Å². The minimum atomic E-state index is -1.23. The number of amides is 2. The van der Waals surface area contributed by atoms with Gasteiger partial charge in [-0.05, 0) is 11.1 Å². The highest BCUT2D eigenvalue weighted by Gasteiger charge is 2.30. The van der Waals surface area contributed by atoms with Gasteiger partial charge in [0.2, 0.25) is 11.8 Å². The minimum Gasteiger partial charge on any atom is -0.467 e. The van der Waals surface area contributed by atoms with Crippen LogP contribution >= 0.6 is 11.8 Å². The summed E-state index contributed by atoms with van der Waals surface area (Å²) >= 11 is 1.45. The highest BCUT2D eigenvalue weighted by atomic mass is 32.2. The molecule has 0 radical (unpaired) electrons. The fourth-order valence-electron chi connectivity index (χ4n) is 3.50. The molecule has 0 spiro atoms. The Balaban J connectivity index is 1.63. The van der Waals surface area contributed by atoms with E-state index in [1.165, 1.54) is 18.9 Å². The van der Waals surface area contributed by atoms with E-state index in [4.69, 9.17) is 9.47 Å². The Labute approximate surface area is 220 Å². The normalized spacial score (nSPS) is 14.0. The number of thioether (sulfide) groups is 1. The molecule has 194 valence electrons. The van der Waals surface area contributed by atoms with Gasteiger partial charge in [-0.3, -0.25) is 14.4 Å². The fourth-order valence-corrected chi connectivity index (χ4v) is 4.50. The van der Waals surface area contributed by atoms with Crippen molar-refractivity contribution in [1.29, 1.82) is 0 Å². The Bertz CT molecular complexity index is 1110. The number of hydrogen-bond donors (Lipinski definition) is 2. The Morgan fingerprint density at radius 1 is 0.865 bits per heavy atom. The van der Waals surface area contributed by atoms with Gasteiger partial charge in [0.15, 0.2) is 0 Å². The van der Waals surface area contributed by atoms with Crippen molar-refractivity contribution in [2.75, 3.05) is 12.9 Å². The smallest absolute Gasteiger partial charge is 0.329 e. The lowest BCUT2D eigenvalue weighted by Gasteiger charge is -2.22. The molecule has 0 aromatic heterocycles. The van der Waals surface area contributed by atoms with Crippen molar-refractivity contribution in [3.05, 3.63) is 96.1 Å². The maximum Gasteiger partial charge on any atom is 0.329 e. The van der Waals surface area contributed by atoms with Gasteiger partial charge in [0, 0.05) is 11.5 Å². The van der Waals surface area contributed by atoms with Gasteiger partial charge in [-0.2, -0.15) is 11.8 Å². The Morgan fingerprint density at radius 3 is 2.11 bits per heavy atom. The summed E-state index contributed by atoms with van der Waals surface area (Å²) in [6, 6.07) is 16.6. The van der Waals surface area contributed by atoms with Crippen molar-refractivity contribution in [3.63, 3.8) is 0 Å². The van der Waals surface area contributed by atoms with Crippen LogP contribution in [0.15, 0.2) is 85.0 Å². The first-order valence-corrected chi connectivity index (χ1v) is 13.0. The summed E-state index contributed by atoms with van der Waals surface area (Å²) in [6.07, 6.45) is 6.41. The zero-order chi connectivity index (χ0) is 26.5. The zero-order valence-electron chi connectivity index (χ0n) is 20.5. The van der Waals surface area contributed by atoms with E-state index in [1.54, 1.807) is 24.3 Å². The van der Waals surface area contributed by atoms with E-state index in [2.05, 4.69) is 10.6 Å². The lowest BCUT2D eigenvalue weighted by molar-refractivity contribution is -0.148. The average Bonchev–Trinajstić information content (AvgIpc) is 3.47. The topological polar surface area (TPSA) is 111 Å². The zero-order valence-corrected chi connectivity index (χ0v) is 21.3. The van der Waals surface area contributed by atoms with E-state index in [0.717, 1.165) is 11.1 Å². The average molecular weight is 523 g/mol. The Hall–Kier alpha value is -3.85. The molecule has 0 aliphatic heterocycles. The molecule has 2 aromatic carbocycles. The van der Waals surface area contributed by atoms with Crippen molar-refractivity contribution in [1.82, 2.24) is 10.6 Å². The van der Waals surface area contributed by atoms with E-state index in [1.807, 2.05) is 60.7 Å². The molecule has 0 unspecified atom stereocenters. The van der Waals surface area contributed by atoms with Crippen molar-refractivity contribution in [3.8, 4) is 0 Å². The highest BCUT2D eigenvalue weighted by molar-refractivity contribution is 7.98. The number of benzene rings is 2. The molecular weight excluding hydrogens is 492 g/mol. The van der Waals surface area contributed by atoms with Crippen LogP contribution in [-0.4, -0.2) is 48.7 Å². The van der Waals surface area contributed by atoms with E-state index < -0.39 is 48.2 Å². The van der Waals surface area contributed by atoms with Crippen molar-refractivity contribution < 1.29 is 28.7 Å². The second-order valence-corrected chi connectivity index (χ2v) is 9.32. The molecule has 0 bridgehead atoms. The lowest BCUT2D eigenvalue weighted by Crippen LogP contribution is -2.54. The molecular formula is C28H30N2O6S. The molecule has 1 aliphatic carbocycles. The molecule has 8 nitrogen and oxygen atoms in total. The monoisotopic (exact) mass is 522 g/mol. The number of rotatable bonds is 13. The van der Waals surface area contributed by atoms with Gasteiger partial charge < -0.3 is 20.1 Å². The van der Waals surface area contributed by atoms with Crippen LogP contribution in [0.1, 0.15) is 17.5 Å². The summed E-state index contributed by atoms with van der Waals surface area (Å²) in [7, 11) is 1.24. The number of allylic oxidation sites excluding steroid dienone is 2. The van der Waals surface area contributed by atoms with Crippen LogP contribution in [0.4, 0.5) is 0 Å². The van der Waals surface area contributed by atoms with Crippen LogP contribution < -0.4 is 10.6 Å². The maximum absolute atomic E-state index is 13.2. The first kappa shape index (κ1) is 27.7. The minimum absolute atomic E-state index is 0.0387. The first-order chi connectivity index (χ1) is 18.0. The van der Waals surface area contributed by atoms with Crippen molar-refractivity contribution >= 4 is 35.5 Å². The number of hydrogen-bond acceptors (Lipinski definition) is 7. The molecule has 9 heteroatoms. The molecule has 3 rings (SSSR count). The molecule has 0 fully saturated rings. The fraction of sp³-hybridized carbons (Fsp3) is 0.286. The molecule has 37 heavy (non-hydrogen) atoms. The largest absolute Gasteiger partial charge is 0.467 e. The first-order valence-electron chi connectivity index (χ1n) is 11.8. The summed E-state index contributed by atoms with van der Waals surface area (Å²) in [4.78, 5) is 50.8. The number of carbonyl (C=O) groups is 4. The van der Waals surface area contributed by atoms with Crippen molar-refractivity contribution in [2.45, 2.75) is 30.9 Å². The van der Waals surface area contributed by atoms with Gasteiger partial charge in [0.05, 0.1) is 19.4 Å². The van der Waals surface area contributed by atoms with Crippen LogP contribution in [0, 0.1) is 5.92 Å². The summed E-state index contributed by atoms with van der Waals surface area (Å²) in [5, 5.41) is 5.26. The number of methoxy groups -OCH3 is 1. The van der Waals surface area contributed by atoms with Crippen LogP contribution in [0.25, 0.3) is 0 Å². The molecule has 2 atom stereocenters. The predicted molar refractivity (Wildman–Crippen MR) is 141 cm³/mol. The third kappa shape index (κ3) is 9.27. The van der Waals surface area contributed by atoms with Gasteiger partial charge in [0.1, 0.15) is 18.7 Å². The standard InChI is InChI=1S/C28H30N2O6S/c1-35-28(34)24(19-37-18-21-12-6-3-7-13-21)30-27(33)23(29-26(32)22-14-8-9-15-22)16-25(31)36-17-20-10-4-2-5-11-20/h2-15,22-24H,16-19H2,1H3,(H,29,32)(H,30,33)/t23-,24+/m0/s1. The van der Waals surface area contributed by atoms with Gasteiger partial charge in [-0.25, -0.2) is 4.79 Å². The maximum atomic E-state index is 13.2. The van der Waals surface area contributed by atoms with Crippen LogP contribution in [0.2, 0.25) is 0 Å².